The first-order valence-electron chi connectivity index (χ1n) is 9.01. The van der Waals surface area contributed by atoms with Gasteiger partial charge in [0.2, 0.25) is 0 Å². The number of hydrogen-bond acceptors (Lipinski definition) is 3. The van der Waals surface area contributed by atoms with Crippen molar-refractivity contribution < 1.29 is 4.79 Å². The highest BCUT2D eigenvalue weighted by molar-refractivity contribution is 6.09. The molecule has 4 nitrogen and oxygen atoms in total. The number of para-hydroxylation sites is 1. The monoisotopic (exact) mass is 345 g/mol. The lowest BCUT2D eigenvalue weighted by Gasteiger charge is -2.28. The van der Waals surface area contributed by atoms with Crippen molar-refractivity contribution in [1.82, 2.24) is 0 Å². The van der Waals surface area contributed by atoms with Crippen molar-refractivity contribution in [3.05, 3.63) is 65.2 Å². The largest absolute Gasteiger partial charge is 0.372 e. The van der Waals surface area contributed by atoms with Crippen LogP contribution in [-0.4, -0.2) is 19.0 Å². The van der Waals surface area contributed by atoms with E-state index >= 15 is 0 Å². The van der Waals surface area contributed by atoms with Crippen LogP contribution in [0.1, 0.15) is 30.4 Å². The smallest absolute Gasteiger partial charge is 0.266 e. The summed E-state index contributed by atoms with van der Waals surface area (Å²) in [6.07, 6.45) is 5.41. The van der Waals surface area contributed by atoms with Gasteiger partial charge in [0.15, 0.2) is 0 Å². The third-order valence-corrected chi connectivity index (χ3v) is 4.68. The molecule has 1 N–H and O–H groups in total. The molecule has 0 saturated carbocycles. The molecule has 1 fully saturated rings. The molecule has 0 atom stereocenters. The predicted molar refractivity (Wildman–Crippen MR) is 106 cm³/mol. The van der Waals surface area contributed by atoms with Gasteiger partial charge in [0.05, 0.1) is 0 Å². The van der Waals surface area contributed by atoms with Crippen molar-refractivity contribution in [2.75, 3.05) is 23.3 Å². The molecular formula is C22H23N3O. The van der Waals surface area contributed by atoms with Gasteiger partial charge in [0, 0.05) is 24.5 Å². The van der Waals surface area contributed by atoms with Gasteiger partial charge in [0.1, 0.15) is 11.6 Å². The van der Waals surface area contributed by atoms with Gasteiger partial charge in [-0.05, 0) is 61.6 Å². The molecule has 2 aromatic rings. The number of nitriles is 1. The Morgan fingerprint density at radius 2 is 1.77 bits per heavy atom. The summed E-state index contributed by atoms with van der Waals surface area (Å²) >= 11 is 0. The summed E-state index contributed by atoms with van der Waals surface area (Å²) in [4.78, 5) is 14.8. The van der Waals surface area contributed by atoms with Crippen LogP contribution in [0, 0.1) is 18.3 Å². The van der Waals surface area contributed by atoms with Gasteiger partial charge in [-0.15, -0.1) is 0 Å². The van der Waals surface area contributed by atoms with Gasteiger partial charge in [-0.3, -0.25) is 4.79 Å². The summed E-state index contributed by atoms with van der Waals surface area (Å²) in [5.74, 6) is -0.387. The van der Waals surface area contributed by atoms with E-state index in [0.29, 0.717) is 0 Å². The fourth-order valence-electron chi connectivity index (χ4n) is 3.15. The van der Waals surface area contributed by atoms with E-state index < -0.39 is 0 Å². The van der Waals surface area contributed by atoms with Crippen molar-refractivity contribution >= 4 is 23.4 Å². The van der Waals surface area contributed by atoms with Crippen LogP contribution in [-0.2, 0) is 4.79 Å². The Balaban J connectivity index is 1.73. The van der Waals surface area contributed by atoms with Gasteiger partial charge in [0.25, 0.3) is 5.91 Å². The summed E-state index contributed by atoms with van der Waals surface area (Å²) in [5.41, 5.74) is 3.83. The molecule has 1 aliphatic heterocycles. The van der Waals surface area contributed by atoms with Gasteiger partial charge in [-0.1, -0.05) is 30.3 Å². The Labute approximate surface area is 154 Å². The maximum absolute atomic E-state index is 12.4. The number of piperidine rings is 1. The molecule has 0 radical (unpaired) electrons. The molecule has 0 aliphatic carbocycles. The average Bonchev–Trinajstić information content (AvgIpc) is 2.69. The highest BCUT2D eigenvalue weighted by Crippen LogP contribution is 2.21. The molecule has 0 aromatic heterocycles. The number of aryl methyl sites for hydroxylation is 1. The summed E-state index contributed by atoms with van der Waals surface area (Å²) in [6, 6.07) is 17.6. The lowest BCUT2D eigenvalue weighted by Crippen LogP contribution is -2.29. The maximum Gasteiger partial charge on any atom is 0.266 e. The normalized spacial score (nSPS) is 14.6. The van der Waals surface area contributed by atoms with Crippen LogP contribution in [0.5, 0.6) is 0 Å². The van der Waals surface area contributed by atoms with Crippen LogP contribution >= 0.6 is 0 Å². The van der Waals surface area contributed by atoms with Crippen molar-refractivity contribution in [1.29, 1.82) is 5.26 Å². The first kappa shape index (κ1) is 17.8. The summed E-state index contributed by atoms with van der Waals surface area (Å²) in [7, 11) is 0. The van der Waals surface area contributed by atoms with Gasteiger partial charge in [-0.2, -0.15) is 5.26 Å². The zero-order valence-electron chi connectivity index (χ0n) is 15.0. The molecule has 1 aliphatic rings. The SMILES string of the molecule is Cc1ccccc1NC(=O)/C(C#N)=C\c1ccc(N2CCCCC2)cc1. The number of nitrogens with one attached hydrogen (secondary N) is 1. The Hall–Kier alpha value is -3.06. The second-order valence-corrected chi connectivity index (χ2v) is 6.58. The minimum absolute atomic E-state index is 0.0963. The number of anilines is 2. The van der Waals surface area contributed by atoms with Crippen molar-refractivity contribution in [2.24, 2.45) is 0 Å². The Bertz CT molecular complexity index is 840. The minimum atomic E-state index is -0.387. The zero-order chi connectivity index (χ0) is 18.4. The van der Waals surface area contributed by atoms with Gasteiger partial charge in [-0.25, -0.2) is 0 Å². The van der Waals surface area contributed by atoms with E-state index in [1.54, 1.807) is 6.08 Å². The van der Waals surface area contributed by atoms with E-state index in [1.165, 1.54) is 24.9 Å². The number of carbonyl (C=O) groups is 1. The molecule has 2 aromatic carbocycles. The van der Waals surface area contributed by atoms with E-state index in [0.717, 1.165) is 29.9 Å². The molecular weight excluding hydrogens is 322 g/mol. The lowest BCUT2D eigenvalue weighted by molar-refractivity contribution is -0.112. The Kier molecular flexibility index (Phi) is 5.70. The van der Waals surface area contributed by atoms with Crippen LogP contribution in [0.15, 0.2) is 54.1 Å². The number of nitrogens with zero attached hydrogens (tertiary/aromatic N) is 2. The molecule has 1 amide bonds. The quantitative estimate of drug-likeness (QED) is 0.654. The maximum atomic E-state index is 12.4. The van der Waals surface area contributed by atoms with E-state index in [1.807, 2.05) is 49.4 Å². The third kappa shape index (κ3) is 4.31. The van der Waals surface area contributed by atoms with Crippen LogP contribution in [0.25, 0.3) is 6.08 Å². The standard InChI is InChI=1S/C22H23N3O/c1-17-7-3-4-8-21(17)24-22(26)19(16-23)15-18-9-11-20(12-10-18)25-13-5-2-6-14-25/h3-4,7-12,15H,2,5-6,13-14H2,1H3,(H,24,26)/b19-15-. The topological polar surface area (TPSA) is 56.1 Å². The van der Waals surface area contributed by atoms with E-state index in [4.69, 9.17) is 0 Å². The first-order valence-corrected chi connectivity index (χ1v) is 9.01. The second kappa shape index (κ2) is 8.35. The summed E-state index contributed by atoms with van der Waals surface area (Å²) < 4.78 is 0. The number of hydrogen-bond donors (Lipinski definition) is 1. The molecule has 0 spiro atoms. The van der Waals surface area contributed by atoms with Crippen molar-refractivity contribution in [2.45, 2.75) is 26.2 Å². The minimum Gasteiger partial charge on any atom is -0.372 e. The molecule has 3 rings (SSSR count). The van der Waals surface area contributed by atoms with Crippen LogP contribution in [0.4, 0.5) is 11.4 Å². The van der Waals surface area contributed by atoms with Gasteiger partial charge >= 0.3 is 0 Å². The second-order valence-electron chi connectivity index (χ2n) is 6.58. The number of amides is 1. The summed E-state index contributed by atoms with van der Waals surface area (Å²) in [5, 5.41) is 12.2. The highest BCUT2D eigenvalue weighted by Gasteiger charge is 2.12. The number of benzene rings is 2. The molecule has 132 valence electrons. The van der Waals surface area contributed by atoms with Crippen LogP contribution < -0.4 is 10.2 Å². The lowest BCUT2D eigenvalue weighted by atomic mass is 10.1. The van der Waals surface area contributed by atoms with Crippen LogP contribution in [0.3, 0.4) is 0 Å². The van der Waals surface area contributed by atoms with E-state index in [2.05, 4.69) is 22.3 Å². The molecule has 26 heavy (non-hydrogen) atoms. The van der Waals surface area contributed by atoms with Crippen molar-refractivity contribution in [3.8, 4) is 6.07 Å². The van der Waals surface area contributed by atoms with Crippen LogP contribution in [0.2, 0.25) is 0 Å². The highest BCUT2D eigenvalue weighted by atomic mass is 16.1. The molecule has 1 heterocycles. The van der Waals surface area contributed by atoms with E-state index in [-0.39, 0.29) is 11.5 Å². The third-order valence-electron chi connectivity index (χ3n) is 4.68. The number of carbonyl (C=O) groups excluding carboxylic acids is 1. The number of rotatable bonds is 4. The molecule has 0 bridgehead atoms. The fraction of sp³-hybridized carbons (Fsp3) is 0.273. The first-order chi connectivity index (χ1) is 12.7. The van der Waals surface area contributed by atoms with Gasteiger partial charge < -0.3 is 10.2 Å². The predicted octanol–water partition coefficient (Wildman–Crippen LogP) is 4.53. The van der Waals surface area contributed by atoms with Crippen molar-refractivity contribution in [3.63, 3.8) is 0 Å². The average molecular weight is 345 g/mol. The molecule has 1 saturated heterocycles. The zero-order valence-corrected chi connectivity index (χ0v) is 15.0. The Morgan fingerprint density at radius 3 is 2.42 bits per heavy atom. The Morgan fingerprint density at radius 1 is 1.08 bits per heavy atom. The van der Waals surface area contributed by atoms with E-state index in [9.17, 15) is 10.1 Å². The molecule has 4 heteroatoms. The fourth-order valence-corrected chi connectivity index (χ4v) is 3.15. The summed E-state index contributed by atoms with van der Waals surface area (Å²) in [6.45, 7) is 4.11. The molecule has 0 unspecified atom stereocenters.